The van der Waals surface area contributed by atoms with Gasteiger partial charge in [0.15, 0.2) is 0 Å². The maximum atomic E-state index is 13.0. The summed E-state index contributed by atoms with van der Waals surface area (Å²) < 4.78 is 38.9. The molecule has 0 spiro atoms. The van der Waals surface area contributed by atoms with Gasteiger partial charge >= 0.3 is 6.18 Å². The van der Waals surface area contributed by atoms with Crippen molar-refractivity contribution in [3.63, 3.8) is 0 Å². The zero-order chi connectivity index (χ0) is 19.7. The van der Waals surface area contributed by atoms with Crippen molar-refractivity contribution in [1.29, 1.82) is 0 Å². The van der Waals surface area contributed by atoms with Crippen molar-refractivity contribution in [2.45, 2.75) is 12.6 Å². The summed E-state index contributed by atoms with van der Waals surface area (Å²) in [6.07, 6.45) is -2.21. The van der Waals surface area contributed by atoms with Crippen LogP contribution in [-0.2, 0) is 12.6 Å². The molecule has 0 atom stereocenters. The Morgan fingerprint density at radius 1 is 1.00 bits per heavy atom. The van der Waals surface area contributed by atoms with Gasteiger partial charge in [-0.2, -0.15) is 13.2 Å². The van der Waals surface area contributed by atoms with Gasteiger partial charge in [0.05, 0.1) is 11.3 Å². The van der Waals surface area contributed by atoms with E-state index in [9.17, 15) is 13.2 Å². The second-order valence-corrected chi connectivity index (χ2v) is 6.89. The van der Waals surface area contributed by atoms with Crippen LogP contribution >= 0.6 is 0 Å². The zero-order valence-corrected chi connectivity index (χ0v) is 15.4. The van der Waals surface area contributed by atoms with Crippen LogP contribution in [0.5, 0.6) is 0 Å². The molecule has 3 aromatic rings. The Bertz CT molecular complexity index is 994. The molecule has 3 nitrogen and oxygen atoms in total. The molecule has 144 valence electrons. The number of alkyl halides is 3. The second-order valence-electron chi connectivity index (χ2n) is 6.89. The maximum Gasteiger partial charge on any atom is 0.416 e. The average molecular weight is 383 g/mol. The summed E-state index contributed by atoms with van der Waals surface area (Å²) in [7, 11) is 1.86. The molecule has 1 N–H and O–H groups in total. The molecule has 0 aliphatic carbocycles. The number of benzene rings is 2. The number of aromatic nitrogens is 1. The van der Waals surface area contributed by atoms with Gasteiger partial charge < -0.3 is 10.2 Å². The number of anilines is 2. The van der Waals surface area contributed by atoms with Crippen molar-refractivity contribution in [3.8, 4) is 11.3 Å². The molecule has 6 heteroatoms. The quantitative estimate of drug-likeness (QED) is 0.612. The fourth-order valence-electron chi connectivity index (χ4n) is 3.29. The van der Waals surface area contributed by atoms with Crippen molar-refractivity contribution in [1.82, 2.24) is 4.98 Å². The number of nitrogens with one attached hydrogen (secondary N) is 1. The number of halogens is 3. The maximum absolute atomic E-state index is 13.0. The third kappa shape index (κ3) is 3.96. The van der Waals surface area contributed by atoms with Crippen LogP contribution in [0.1, 0.15) is 16.7 Å². The monoisotopic (exact) mass is 383 g/mol. The van der Waals surface area contributed by atoms with Gasteiger partial charge in [-0.1, -0.05) is 18.2 Å². The van der Waals surface area contributed by atoms with Gasteiger partial charge in [-0.3, -0.25) is 4.98 Å². The molecular formula is C22H20F3N3. The summed E-state index contributed by atoms with van der Waals surface area (Å²) >= 11 is 0. The minimum Gasteiger partial charge on any atom is -0.388 e. The molecule has 0 radical (unpaired) electrons. The van der Waals surface area contributed by atoms with Gasteiger partial charge in [0, 0.05) is 43.3 Å². The highest BCUT2D eigenvalue weighted by Crippen LogP contribution is 2.34. The van der Waals surface area contributed by atoms with Crippen LogP contribution in [0.25, 0.3) is 11.3 Å². The largest absolute Gasteiger partial charge is 0.416 e. The molecule has 2 heterocycles. The standard InChI is InChI=1S/C22H20F3N3/c1-26-20-6-5-18(28-9-10-28)14-19(20)21-13-16(7-8-27-21)11-15-3-2-4-17(12-15)22(23,24)25/h2-8,12-14,26H,9-11H2,1H3. The molecule has 0 amide bonds. The zero-order valence-electron chi connectivity index (χ0n) is 15.4. The number of hydrogen-bond acceptors (Lipinski definition) is 3. The molecule has 1 aromatic heterocycles. The van der Waals surface area contributed by atoms with Crippen LogP contribution in [0, 0.1) is 0 Å². The summed E-state index contributed by atoms with van der Waals surface area (Å²) in [6.45, 7) is 2.11. The Kier molecular flexibility index (Phi) is 4.71. The lowest BCUT2D eigenvalue weighted by Gasteiger charge is -2.13. The summed E-state index contributed by atoms with van der Waals surface area (Å²) in [5, 5.41) is 3.19. The third-order valence-corrected chi connectivity index (χ3v) is 4.85. The van der Waals surface area contributed by atoms with E-state index in [1.165, 1.54) is 12.1 Å². The fraction of sp³-hybridized carbons (Fsp3) is 0.227. The Balaban J connectivity index is 1.65. The highest BCUT2D eigenvalue weighted by Gasteiger charge is 2.30. The lowest BCUT2D eigenvalue weighted by molar-refractivity contribution is -0.137. The van der Waals surface area contributed by atoms with E-state index in [1.54, 1.807) is 12.3 Å². The summed E-state index contributed by atoms with van der Waals surface area (Å²) in [6, 6.07) is 15.5. The molecule has 2 aromatic carbocycles. The molecule has 0 unspecified atom stereocenters. The van der Waals surface area contributed by atoms with E-state index in [4.69, 9.17) is 0 Å². The van der Waals surface area contributed by atoms with Crippen LogP contribution in [0.15, 0.2) is 60.8 Å². The van der Waals surface area contributed by atoms with Crippen LogP contribution in [0.4, 0.5) is 24.5 Å². The predicted molar refractivity (Wildman–Crippen MR) is 106 cm³/mol. The minimum atomic E-state index is -4.33. The van der Waals surface area contributed by atoms with Crippen LogP contribution < -0.4 is 10.2 Å². The van der Waals surface area contributed by atoms with Crippen LogP contribution in [-0.4, -0.2) is 25.1 Å². The van der Waals surface area contributed by atoms with Crippen molar-refractivity contribution >= 4 is 11.4 Å². The van der Waals surface area contributed by atoms with Gasteiger partial charge in [0.2, 0.25) is 0 Å². The number of nitrogens with zero attached hydrogens (tertiary/aromatic N) is 2. The molecule has 1 fully saturated rings. The molecule has 1 saturated heterocycles. The van der Waals surface area contributed by atoms with Crippen molar-refractivity contribution < 1.29 is 13.2 Å². The summed E-state index contributed by atoms with van der Waals surface area (Å²) in [5.74, 6) is 0. The van der Waals surface area contributed by atoms with E-state index in [1.807, 2.05) is 25.2 Å². The first-order valence-electron chi connectivity index (χ1n) is 9.12. The topological polar surface area (TPSA) is 27.9 Å². The highest BCUT2D eigenvalue weighted by atomic mass is 19.4. The Hall–Kier alpha value is -3.02. The average Bonchev–Trinajstić information content (AvgIpc) is 3.52. The summed E-state index contributed by atoms with van der Waals surface area (Å²) in [5.41, 5.74) is 4.83. The van der Waals surface area contributed by atoms with E-state index in [0.29, 0.717) is 12.0 Å². The van der Waals surface area contributed by atoms with Gasteiger partial charge in [-0.15, -0.1) is 0 Å². The highest BCUT2D eigenvalue weighted by molar-refractivity contribution is 5.80. The van der Waals surface area contributed by atoms with Crippen LogP contribution in [0.3, 0.4) is 0 Å². The first-order valence-corrected chi connectivity index (χ1v) is 9.12. The van der Waals surface area contributed by atoms with Crippen LogP contribution in [0.2, 0.25) is 0 Å². The molecule has 0 saturated carbocycles. The summed E-state index contributed by atoms with van der Waals surface area (Å²) in [4.78, 5) is 6.76. The molecule has 0 bridgehead atoms. The fourth-order valence-corrected chi connectivity index (χ4v) is 3.29. The van der Waals surface area contributed by atoms with Gasteiger partial charge in [-0.25, -0.2) is 0 Å². The normalized spacial score (nSPS) is 13.5. The molecule has 28 heavy (non-hydrogen) atoms. The van der Waals surface area contributed by atoms with Gasteiger partial charge in [0.25, 0.3) is 0 Å². The van der Waals surface area contributed by atoms with Gasteiger partial charge in [0.1, 0.15) is 0 Å². The lowest BCUT2D eigenvalue weighted by atomic mass is 10.0. The number of pyridine rings is 1. The Labute approximate surface area is 161 Å². The van der Waals surface area contributed by atoms with Crippen molar-refractivity contribution in [2.75, 3.05) is 30.4 Å². The lowest BCUT2D eigenvalue weighted by Crippen LogP contribution is -2.05. The SMILES string of the molecule is CNc1ccc(N2CC2)cc1-c1cc(Cc2cccc(C(F)(F)F)c2)ccn1. The predicted octanol–water partition coefficient (Wildman–Crippen LogP) is 5.22. The van der Waals surface area contributed by atoms with Crippen molar-refractivity contribution in [3.05, 3.63) is 77.5 Å². The first-order chi connectivity index (χ1) is 13.4. The Morgan fingerprint density at radius 2 is 1.79 bits per heavy atom. The van der Waals surface area contributed by atoms with E-state index >= 15 is 0 Å². The number of rotatable bonds is 5. The Morgan fingerprint density at radius 3 is 2.50 bits per heavy atom. The molecule has 1 aliphatic rings. The molecule has 4 rings (SSSR count). The van der Waals surface area contributed by atoms with Crippen molar-refractivity contribution in [2.24, 2.45) is 0 Å². The molecule has 1 aliphatic heterocycles. The minimum absolute atomic E-state index is 0.417. The number of hydrogen-bond donors (Lipinski definition) is 1. The van der Waals surface area contributed by atoms with E-state index in [0.717, 1.165) is 47.4 Å². The van der Waals surface area contributed by atoms with Gasteiger partial charge in [-0.05, 0) is 53.9 Å². The van der Waals surface area contributed by atoms with E-state index in [2.05, 4.69) is 27.3 Å². The smallest absolute Gasteiger partial charge is 0.388 e. The second kappa shape index (κ2) is 7.19. The van der Waals surface area contributed by atoms with E-state index in [-0.39, 0.29) is 0 Å². The first kappa shape index (κ1) is 18.3. The third-order valence-electron chi connectivity index (χ3n) is 4.85. The molecular weight excluding hydrogens is 363 g/mol. The van der Waals surface area contributed by atoms with E-state index < -0.39 is 11.7 Å².